The fourth-order valence-corrected chi connectivity index (χ4v) is 4.02. The van der Waals surface area contributed by atoms with Gasteiger partial charge in [-0.3, -0.25) is 0 Å². The van der Waals surface area contributed by atoms with Crippen molar-refractivity contribution in [1.82, 2.24) is 15.2 Å². The van der Waals surface area contributed by atoms with Gasteiger partial charge in [-0.05, 0) is 35.9 Å². The number of ether oxygens (including phenoxy) is 1. The minimum Gasteiger partial charge on any atom is -0.481 e. The summed E-state index contributed by atoms with van der Waals surface area (Å²) in [5.41, 5.74) is 2.18. The molecule has 2 aromatic rings. The Morgan fingerprint density at radius 3 is 3.17 bits per heavy atom. The number of hydrogen-bond acceptors (Lipinski definition) is 4. The Morgan fingerprint density at radius 2 is 2.39 bits per heavy atom. The minimum absolute atomic E-state index is 0.0281. The van der Waals surface area contributed by atoms with Crippen molar-refractivity contribution in [2.24, 2.45) is 0 Å². The van der Waals surface area contributed by atoms with Crippen LogP contribution in [0.4, 0.5) is 4.79 Å². The number of pyridine rings is 1. The SMILES string of the molecule is CC[C@@H]1c2ccsc2CCN1C(=O)NCc1cccnc1OC. The first-order valence-electron chi connectivity index (χ1n) is 7.83. The summed E-state index contributed by atoms with van der Waals surface area (Å²) in [6.07, 6.45) is 3.54. The van der Waals surface area contributed by atoms with E-state index in [2.05, 4.69) is 28.7 Å². The number of fused-ring (bicyclic) bond motifs is 1. The summed E-state index contributed by atoms with van der Waals surface area (Å²) < 4.78 is 5.23. The van der Waals surface area contributed by atoms with Gasteiger partial charge in [-0.15, -0.1) is 11.3 Å². The number of carbonyl (C=O) groups excluding carboxylic acids is 1. The van der Waals surface area contributed by atoms with Gasteiger partial charge in [-0.1, -0.05) is 13.0 Å². The monoisotopic (exact) mass is 331 g/mol. The highest BCUT2D eigenvalue weighted by atomic mass is 32.1. The second-order valence-electron chi connectivity index (χ2n) is 5.50. The molecule has 0 bridgehead atoms. The smallest absolute Gasteiger partial charge is 0.318 e. The summed E-state index contributed by atoms with van der Waals surface area (Å²) in [6.45, 7) is 3.31. The molecular weight excluding hydrogens is 310 g/mol. The topological polar surface area (TPSA) is 54.5 Å². The lowest BCUT2D eigenvalue weighted by atomic mass is 9.98. The molecule has 23 heavy (non-hydrogen) atoms. The lowest BCUT2D eigenvalue weighted by Gasteiger charge is -2.35. The number of aromatic nitrogens is 1. The van der Waals surface area contributed by atoms with E-state index >= 15 is 0 Å². The molecule has 0 aromatic carbocycles. The van der Waals surface area contributed by atoms with E-state index in [1.165, 1.54) is 10.4 Å². The third-order valence-electron chi connectivity index (χ3n) is 4.22. The highest BCUT2D eigenvalue weighted by Crippen LogP contribution is 2.35. The summed E-state index contributed by atoms with van der Waals surface area (Å²) in [4.78, 5) is 20.1. The molecule has 3 heterocycles. The third-order valence-corrected chi connectivity index (χ3v) is 5.21. The largest absolute Gasteiger partial charge is 0.481 e. The summed E-state index contributed by atoms with van der Waals surface area (Å²) in [6, 6.07) is 6.05. The number of methoxy groups -OCH3 is 1. The number of thiophene rings is 1. The lowest BCUT2D eigenvalue weighted by Crippen LogP contribution is -2.45. The van der Waals surface area contributed by atoms with E-state index in [1.807, 2.05) is 17.0 Å². The summed E-state index contributed by atoms with van der Waals surface area (Å²) >= 11 is 1.79. The average molecular weight is 331 g/mol. The Kier molecular flexibility index (Phi) is 4.81. The van der Waals surface area contributed by atoms with Gasteiger partial charge in [0.1, 0.15) is 0 Å². The number of nitrogens with zero attached hydrogens (tertiary/aromatic N) is 2. The van der Waals surface area contributed by atoms with E-state index in [0.717, 1.165) is 24.9 Å². The van der Waals surface area contributed by atoms with Crippen molar-refractivity contribution in [3.63, 3.8) is 0 Å². The maximum Gasteiger partial charge on any atom is 0.318 e. The van der Waals surface area contributed by atoms with E-state index in [9.17, 15) is 4.79 Å². The van der Waals surface area contributed by atoms with Gasteiger partial charge in [0.25, 0.3) is 0 Å². The molecule has 122 valence electrons. The first-order chi connectivity index (χ1) is 11.2. The van der Waals surface area contributed by atoms with Crippen LogP contribution in [-0.4, -0.2) is 29.6 Å². The zero-order chi connectivity index (χ0) is 16.2. The van der Waals surface area contributed by atoms with Gasteiger partial charge >= 0.3 is 6.03 Å². The fourth-order valence-electron chi connectivity index (χ4n) is 3.09. The highest BCUT2D eigenvalue weighted by molar-refractivity contribution is 7.10. The molecule has 3 rings (SSSR count). The molecule has 0 spiro atoms. The highest BCUT2D eigenvalue weighted by Gasteiger charge is 2.30. The van der Waals surface area contributed by atoms with Crippen LogP contribution in [0.5, 0.6) is 5.88 Å². The van der Waals surface area contributed by atoms with Crippen LogP contribution in [0.15, 0.2) is 29.8 Å². The quantitative estimate of drug-likeness (QED) is 0.934. The van der Waals surface area contributed by atoms with Crippen molar-refractivity contribution >= 4 is 17.4 Å². The van der Waals surface area contributed by atoms with E-state index < -0.39 is 0 Å². The van der Waals surface area contributed by atoms with Crippen molar-refractivity contribution in [3.8, 4) is 5.88 Å². The van der Waals surface area contributed by atoms with Gasteiger partial charge in [0, 0.05) is 29.7 Å². The van der Waals surface area contributed by atoms with Gasteiger partial charge in [0.15, 0.2) is 0 Å². The van der Waals surface area contributed by atoms with Gasteiger partial charge in [0.2, 0.25) is 5.88 Å². The van der Waals surface area contributed by atoms with E-state index in [0.29, 0.717) is 12.4 Å². The van der Waals surface area contributed by atoms with Gasteiger partial charge in [-0.25, -0.2) is 9.78 Å². The molecule has 5 nitrogen and oxygen atoms in total. The van der Waals surface area contributed by atoms with Gasteiger partial charge < -0.3 is 15.0 Å². The number of amides is 2. The van der Waals surface area contributed by atoms with Crippen molar-refractivity contribution in [2.75, 3.05) is 13.7 Å². The maximum atomic E-state index is 12.6. The Balaban J connectivity index is 1.69. The van der Waals surface area contributed by atoms with Crippen LogP contribution in [0, 0.1) is 0 Å². The minimum atomic E-state index is -0.0281. The van der Waals surface area contributed by atoms with E-state index in [4.69, 9.17) is 4.74 Å². The van der Waals surface area contributed by atoms with Crippen LogP contribution in [-0.2, 0) is 13.0 Å². The van der Waals surface area contributed by atoms with Gasteiger partial charge in [-0.2, -0.15) is 0 Å². The molecule has 1 atom stereocenters. The standard InChI is InChI=1S/C17H21N3O2S/c1-3-14-13-7-10-23-15(13)6-9-20(14)17(21)19-11-12-5-4-8-18-16(12)22-2/h4-5,7-8,10,14H,3,6,9,11H2,1-2H3,(H,19,21)/t14-/m1/s1. The van der Waals surface area contributed by atoms with Crippen LogP contribution >= 0.6 is 11.3 Å². The molecular formula is C17H21N3O2S. The normalized spacial score (nSPS) is 16.8. The van der Waals surface area contributed by atoms with Crippen LogP contribution in [0.3, 0.4) is 0 Å². The Labute approximate surface area is 140 Å². The van der Waals surface area contributed by atoms with Crippen LogP contribution in [0.2, 0.25) is 0 Å². The van der Waals surface area contributed by atoms with E-state index in [-0.39, 0.29) is 12.1 Å². The van der Waals surface area contributed by atoms with Crippen molar-refractivity contribution in [3.05, 3.63) is 45.8 Å². The number of carbonyl (C=O) groups is 1. The molecule has 2 aromatic heterocycles. The lowest BCUT2D eigenvalue weighted by molar-refractivity contribution is 0.167. The maximum absolute atomic E-state index is 12.6. The molecule has 0 unspecified atom stereocenters. The molecule has 0 aliphatic carbocycles. The number of urea groups is 1. The van der Waals surface area contributed by atoms with Gasteiger partial charge in [0.05, 0.1) is 13.2 Å². The average Bonchev–Trinajstić information content (AvgIpc) is 3.07. The number of nitrogens with one attached hydrogen (secondary N) is 1. The first kappa shape index (κ1) is 15.8. The number of rotatable bonds is 4. The zero-order valence-corrected chi connectivity index (χ0v) is 14.2. The summed E-state index contributed by atoms with van der Waals surface area (Å²) in [5.74, 6) is 0.554. The Bertz CT molecular complexity index is 686. The third kappa shape index (κ3) is 3.17. The molecule has 1 aliphatic rings. The summed E-state index contributed by atoms with van der Waals surface area (Å²) in [7, 11) is 1.59. The Hall–Kier alpha value is -2.08. The fraction of sp³-hybridized carbons (Fsp3) is 0.412. The van der Waals surface area contributed by atoms with E-state index in [1.54, 1.807) is 24.6 Å². The molecule has 2 amide bonds. The first-order valence-corrected chi connectivity index (χ1v) is 8.71. The Morgan fingerprint density at radius 1 is 1.52 bits per heavy atom. The summed E-state index contributed by atoms with van der Waals surface area (Å²) in [5, 5.41) is 5.12. The van der Waals surface area contributed by atoms with Crippen LogP contribution < -0.4 is 10.1 Å². The van der Waals surface area contributed by atoms with Crippen LogP contribution in [0.1, 0.15) is 35.4 Å². The molecule has 6 heteroatoms. The van der Waals surface area contributed by atoms with Crippen molar-refractivity contribution in [1.29, 1.82) is 0 Å². The zero-order valence-electron chi connectivity index (χ0n) is 13.4. The van der Waals surface area contributed by atoms with Crippen LogP contribution in [0.25, 0.3) is 0 Å². The molecule has 0 saturated heterocycles. The second-order valence-corrected chi connectivity index (χ2v) is 6.50. The molecule has 1 N–H and O–H groups in total. The molecule has 0 radical (unpaired) electrons. The predicted octanol–water partition coefficient (Wildman–Crippen LogP) is 3.37. The predicted molar refractivity (Wildman–Crippen MR) is 90.8 cm³/mol. The molecule has 0 saturated carbocycles. The van der Waals surface area contributed by atoms with Crippen molar-refractivity contribution < 1.29 is 9.53 Å². The molecule has 1 aliphatic heterocycles. The van der Waals surface area contributed by atoms with Crippen molar-refractivity contribution in [2.45, 2.75) is 32.4 Å². The second kappa shape index (κ2) is 7.00. The number of hydrogen-bond donors (Lipinski definition) is 1. The molecule has 0 fully saturated rings.